The van der Waals surface area contributed by atoms with Crippen LogP contribution < -0.4 is 5.32 Å². The summed E-state index contributed by atoms with van der Waals surface area (Å²) in [6.07, 6.45) is -38.4. The normalized spacial score (nSPS) is 18.8. The monoisotopic (exact) mass is 551 g/mol. The predicted molar refractivity (Wildman–Crippen MR) is 70.7 cm³/mol. The maximum absolute atomic E-state index is 14.1. The SMILES string of the molecule is CC(C)(C)NC(=O)[C@@](F)(OC(F)(F)[C@](F)(OC(F)(F)C(F)(F)C(F)(F)F)C(F)(F)F)C(F)(F)F. The lowest BCUT2D eigenvalue weighted by molar-refractivity contribution is -0.548. The van der Waals surface area contributed by atoms with Crippen molar-refractivity contribution >= 4 is 5.91 Å². The van der Waals surface area contributed by atoms with Gasteiger partial charge in [0.1, 0.15) is 0 Å². The third-order valence-corrected chi connectivity index (χ3v) is 3.14. The molecule has 0 aliphatic heterocycles. The first-order chi connectivity index (χ1) is 14.3. The van der Waals surface area contributed by atoms with Crippen LogP contribution in [0.2, 0.25) is 0 Å². The Bertz CT molecular complexity index is 750. The average molecular weight is 551 g/mol. The molecule has 21 heteroatoms. The quantitative estimate of drug-likeness (QED) is 0.409. The first-order valence-corrected chi connectivity index (χ1v) is 7.73. The first kappa shape index (κ1) is 32.2. The number of nitrogens with one attached hydrogen (secondary N) is 1. The fourth-order valence-electron chi connectivity index (χ4n) is 1.58. The molecule has 204 valence electrons. The number of halogens is 17. The van der Waals surface area contributed by atoms with Gasteiger partial charge < -0.3 is 5.32 Å². The molecule has 34 heavy (non-hydrogen) atoms. The van der Waals surface area contributed by atoms with Crippen LogP contribution in [0.5, 0.6) is 0 Å². The van der Waals surface area contributed by atoms with Gasteiger partial charge in [-0.05, 0) is 20.8 Å². The van der Waals surface area contributed by atoms with E-state index in [4.69, 9.17) is 0 Å². The molecule has 0 aromatic rings. The Hall–Kier alpha value is -1.80. The molecule has 0 radical (unpaired) electrons. The summed E-state index contributed by atoms with van der Waals surface area (Å²) in [4.78, 5) is 11.4. The van der Waals surface area contributed by atoms with Gasteiger partial charge in [-0.2, -0.15) is 74.6 Å². The van der Waals surface area contributed by atoms with E-state index in [1.54, 1.807) is 0 Å². The van der Waals surface area contributed by atoms with Crippen LogP contribution in [0.4, 0.5) is 74.6 Å². The van der Waals surface area contributed by atoms with Crippen molar-refractivity contribution in [1.29, 1.82) is 0 Å². The smallest absolute Gasteiger partial charge is 0.346 e. The van der Waals surface area contributed by atoms with E-state index in [0.29, 0.717) is 0 Å². The van der Waals surface area contributed by atoms with Crippen LogP contribution in [0.3, 0.4) is 0 Å². The lowest BCUT2D eigenvalue weighted by Crippen LogP contribution is -2.69. The summed E-state index contributed by atoms with van der Waals surface area (Å²) in [6, 6.07) is 0. The second kappa shape index (κ2) is 8.40. The highest BCUT2D eigenvalue weighted by Gasteiger charge is 2.85. The van der Waals surface area contributed by atoms with Crippen molar-refractivity contribution < 1.29 is 88.9 Å². The Morgan fingerprint density at radius 2 is 0.941 bits per heavy atom. The molecule has 2 atom stereocenters. The molecule has 1 N–H and O–H groups in total. The molecule has 0 bridgehead atoms. The molecular weight excluding hydrogens is 541 g/mol. The van der Waals surface area contributed by atoms with E-state index in [2.05, 4.69) is 0 Å². The van der Waals surface area contributed by atoms with Crippen molar-refractivity contribution in [3.05, 3.63) is 0 Å². The van der Waals surface area contributed by atoms with Crippen molar-refractivity contribution in [2.24, 2.45) is 0 Å². The molecule has 0 aromatic carbocycles. The van der Waals surface area contributed by atoms with E-state index >= 15 is 0 Å². The van der Waals surface area contributed by atoms with Gasteiger partial charge in [0.15, 0.2) is 0 Å². The first-order valence-electron chi connectivity index (χ1n) is 7.73. The third kappa shape index (κ3) is 5.88. The summed E-state index contributed by atoms with van der Waals surface area (Å²) in [7, 11) is 0. The van der Waals surface area contributed by atoms with Crippen LogP contribution in [-0.2, 0) is 14.3 Å². The van der Waals surface area contributed by atoms with Crippen LogP contribution in [0, 0.1) is 0 Å². The number of amides is 1. The summed E-state index contributed by atoms with van der Waals surface area (Å²) in [5.41, 5.74) is -2.01. The Morgan fingerprint density at radius 3 is 1.21 bits per heavy atom. The third-order valence-electron chi connectivity index (χ3n) is 3.14. The molecule has 0 heterocycles. The van der Waals surface area contributed by atoms with Crippen LogP contribution in [-0.4, -0.2) is 59.8 Å². The van der Waals surface area contributed by atoms with Crippen LogP contribution in [0.1, 0.15) is 20.8 Å². The van der Waals surface area contributed by atoms with Gasteiger partial charge in [-0.1, -0.05) is 0 Å². The molecule has 0 aromatic heterocycles. The molecule has 0 aliphatic rings. The minimum atomic E-state index is -8.03. The Morgan fingerprint density at radius 1 is 0.559 bits per heavy atom. The molecule has 0 saturated heterocycles. The standard InChI is InChI=1S/C13H10F17NO3/c1-5(2,3)31-4(32)6(14,9(18,19)20)33-13(29,30)8(17,11(24,25)26)34-12(27,28)7(15,16)10(21,22)23/h1-3H3,(H,31,32)/t6-,8-/m1/s1. The topological polar surface area (TPSA) is 47.6 Å². The molecule has 0 rings (SSSR count). The number of carbonyl (C=O) groups excluding carboxylic acids is 1. The van der Waals surface area contributed by atoms with Gasteiger partial charge in [0.25, 0.3) is 5.91 Å². The zero-order valence-corrected chi connectivity index (χ0v) is 16.2. The van der Waals surface area contributed by atoms with E-state index in [0.717, 1.165) is 26.1 Å². The lowest BCUT2D eigenvalue weighted by Gasteiger charge is -2.40. The van der Waals surface area contributed by atoms with E-state index in [9.17, 15) is 79.4 Å². The zero-order chi connectivity index (χ0) is 28.2. The minimum Gasteiger partial charge on any atom is -0.346 e. The van der Waals surface area contributed by atoms with Crippen LogP contribution in [0.15, 0.2) is 0 Å². The van der Waals surface area contributed by atoms with Gasteiger partial charge in [-0.15, -0.1) is 0 Å². The maximum Gasteiger partial charge on any atom is 0.462 e. The zero-order valence-electron chi connectivity index (χ0n) is 16.2. The highest BCUT2D eigenvalue weighted by Crippen LogP contribution is 2.56. The molecule has 0 fully saturated rings. The maximum atomic E-state index is 14.1. The highest BCUT2D eigenvalue weighted by molar-refractivity contribution is 5.85. The summed E-state index contributed by atoms with van der Waals surface area (Å²) in [5.74, 6) is -26.0. The highest BCUT2D eigenvalue weighted by atomic mass is 19.4. The van der Waals surface area contributed by atoms with E-state index in [-0.39, 0.29) is 0 Å². The molecule has 0 saturated carbocycles. The van der Waals surface area contributed by atoms with Crippen molar-refractivity contribution in [3.8, 4) is 0 Å². The summed E-state index contributed by atoms with van der Waals surface area (Å²) in [6.45, 7) is 2.20. The van der Waals surface area contributed by atoms with Crippen LogP contribution >= 0.6 is 0 Å². The summed E-state index contributed by atoms with van der Waals surface area (Å²) in [5, 5.41) is 0.918. The van der Waals surface area contributed by atoms with Crippen molar-refractivity contribution in [2.45, 2.75) is 74.7 Å². The van der Waals surface area contributed by atoms with E-state index in [1.165, 1.54) is 4.74 Å². The van der Waals surface area contributed by atoms with Gasteiger partial charge in [0.05, 0.1) is 0 Å². The number of rotatable bonds is 7. The van der Waals surface area contributed by atoms with Crippen molar-refractivity contribution in [1.82, 2.24) is 5.32 Å². The predicted octanol–water partition coefficient (Wildman–Crippen LogP) is 5.77. The minimum absolute atomic E-state index is 0.734. The van der Waals surface area contributed by atoms with Crippen molar-refractivity contribution in [3.63, 3.8) is 0 Å². The molecule has 0 spiro atoms. The number of ether oxygens (including phenoxy) is 2. The Kier molecular flexibility index (Phi) is 7.96. The molecular formula is C13H10F17NO3. The molecule has 0 aliphatic carbocycles. The van der Waals surface area contributed by atoms with Gasteiger partial charge in [-0.25, -0.2) is 0 Å². The largest absolute Gasteiger partial charge is 0.462 e. The number of hydrogen-bond donors (Lipinski definition) is 1. The summed E-state index contributed by atoms with van der Waals surface area (Å²) < 4.78 is 223. The number of carbonyl (C=O) groups is 1. The van der Waals surface area contributed by atoms with Gasteiger partial charge in [0.2, 0.25) is 0 Å². The second-order valence-electron chi connectivity index (χ2n) is 7.20. The lowest BCUT2D eigenvalue weighted by atomic mass is 10.1. The van der Waals surface area contributed by atoms with Crippen LogP contribution in [0.25, 0.3) is 0 Å². The fourth-order valence-corrected chi connectivity index (χ4v) is 1.58. The number of alkyl halides is 17. The molecule has 0 unspecified atom stereocenters. The number of hydrogen-bond acceptors (Lipinski definition) is 3. The van der Waals surface area contributed by atoms with Gasteiger partial charge in [-0.3, -0.25) is 14.3 Å². The fraction of sp³-hybridized carbons (Fsp3) is 0.923. The Balaban J connectivity index is 6.79. The van der Waals surface area contributed by atoms with E-state index < -0.39 is 59.8 Å². The van der Waals surface area contributed by atoms with E-state index in [1.807, 2.05) is 4.74 Å². The van der Waals surface area contributed by atoms with Gasteiger partial charge >= 0.3 is 48.4 Å². The summed E-state index contributed by atoms with van der Waals surface area (Å²) >= 11 is 0. The Labute approximate surface area is 176 Å². The molecule has 4 nitrogen and oxygen atoms in total. The second-order valence-corrected chi connectivity index (χ2v) is 7.20. The van der Waals surface area contributed by atoms with Crippen molar-refractivity contribution in [2.75, 3.05) is 0 Å². The average Bonchev–Trinajstić information content (AvgIpc) is 2.48. The van der Waals surface area contributed by atoms with Gasteiger partial charge in [0, 0.05) is 5.54 Å². The molecule has 1 amide bonds.